The molecule has 0 fully saturated rings. The Morgan fingerprint density at radius 2 is 0.600 bits per heavy atom. The first-order valence-corrected chi connectivity index (χ1v) is 43.0. The maximum atomic E-state index is 18.2. The molecule has 11 heteroatoms. The first-order chi connectivity index (χ1) is 45.5. The van der Waals surface area contributed by atoms with Gasteiger partial charge in [-0.25, -0.2) is 8.78 Å². The maximum Gasteiger partial charge on any atom is 0.170 e. The molecule has 2 aliphatic rings. The van der Waals surface area contributed by atoms with Gasteiger partial charge in [0.1, 0.15) is 33.7 Å². The summed E-state index contributed by atoms with van der Waals surface area (Å²) in [6, 6.07) is 8.70. The monoisotopic (exact) mass is 1400 g/mol. The van der Waals surface area contributed by atoms with Crippen LogP contribution >= 0.6 is 57.1 Å². The van der Waals surface area contributed by atoms with E-state index < -0.39 is 22.8 Å². The smallest absolute Gasteiger partial charge is 0.170 e. The number of hydrogen-bond donors (Lipinski definition) is 0. The van der Waals surface area contributed by atoms with Crippen LogP contribution in [-0.2, 0) is 11.2 Å². The molecule has 95 heavy (non-hydrogen) atoms. The number of thiophene rings is 4. The third-order valence-corrected chi connectivity index (χ3v) is 27.4. The van der Waals surface area contributed by atoms with E-state index in [1.165, 1.54) is 154 Å². The van der Waals surface area contributed by atoms with E-state index in [0.717, 1.165) is 153 Å². The zero-order chi connectivity index (χ0) is 68.4. The molecule has 2 aliphatic heterocycles. The third-order valence-electron chi connectivity index (χ3n) is 22.5. The van der Waals surface area contributed by atoms with Crippen LogP contribution in [0.1, 0.15) is 327 Å². The lowest BCUT2D eigenvalue weighted by Gasteiger charge is -2.39. The second-order valence-electron chi connectivity index (χ2n) is 33.5. The van der Waals surface area contributed by atoms with Gasteiger partial charge in [-0.2, -0.15) is 8.75 Å². The second kappa shape index (κ2) is 37.8. The zero-order valence-electron chi connectivity index (χ0n) is 62.5. The summed E-state index contributed by atoms with van der Waals surface area (Å²) in [5.41, 5.74) is 2.42. The molecule has 0 spiro atoms. The standard InChI is InChI=1S/C84H130F2N2O2S5/c1-55(2)25-17-29-59(9)33-21-37-63(13)41-47-83(48-42-64(14)38-22-34-60(10)30-18-26-56(3)4)67-53-71(93-79(67)81-69(89-83)45-51-91-81)73-75(85)76(86)74(78-77(73)87-95-88-78)72-54-68-80(94-72)82-70(46-52-92-82)90-84(68,49-43-65(15)39-23-35-61(11)31-19-27-57(5)6)50-44-66(16)40-24-36-62(12)32-20-28-58(7)8/h45-46,51-66H,17-44,47-50H2,1-16H3. The molecule has 0 amide bonds. The average Bonchev–Trinajstić information content (AvgIpc) is 1.59. The minimum atomic E-state index is -0.840. The Balaban J connectivity index is 1.10. The molecule has 7 heterocycles. The molecule has 0 bridgehead atoms. The van der Waals surface area contributed by atoms with Gasteiger partial charge in [0.25, 0.3) is 0 Å². The fourth-order valence-corrected chi connectivity index (χ4v) is 21.0. The van der Waals surface area contributed by atoms with Crippen LogP contribution in [-0.4, -0.2) is 8.75 Å². The van der Waals surface area contributed by atoms with Gasteiger partial charge in [-0.3, -0.25) is 0 Å². The number of rotatable bonds is 46. The van der Waals surface area contributed by atoms with Gasteiger partial charge < -0.3 is 9.47 Å². The Hall–Kier alpha value is -2.70. The van der Waals surface area contributed by atoms with Crippen molar-refractivity contribution in [1.29, 1.82) is 0 Å². The van der Waals surface area contributed by atoms with E-state index in [1.807, 2.05) is 0 Å². The summed E-state index contributed by atoms with van der Waals surface area (Å²) in [6.07, 6.45) is 38.5. The highest BCUT2D eigenvalue weighted by Crippen LogP contribution is 2.60. The molecule has 532 valence electrons. The number of nitrogens with zero attached hydrogens (tertiary/aromatic N) is 2. The third kappa shape index (κ3) is 22.2. The van der Waals surface area contributed by atoms with E-state index in [1.54, 1.807) is 45.3 Å². The van der Waals surface area contributed by atoms with Crippen molar-refractivity contribution in [2.75, 3.05) is 0 Å². The van der Waals surface area contributed by atoms with Gasteiger partial charge in [0.15, 0.2) is 11.6 Å². The van der Waals surface area contributed by atoms with Gasteiger partial charge in [-0.1, -0.05) is 265 Å². The molecule has 8 atom stereocenters. The van der Waals surface area contributed by atoms with Gasteiger partial charge in [0.05, 0.1) is 42.4 Å². The molecular weight excluding hydrogens is 1270 g/mol. The highest BCUT2D eigenvalue weighted by atomic mass is 32.1. The summed E-state index contributed by atoms with van der Waals surface area (Å²) < 4.78 is 61.2. The van der Waals surface area contributed by atoms with E-state index in [9.17, 15) is 0 Å². The summed E-state index contributed by atoms with van der Waals surface area (Å²) in [4.78, 5) is 5.86. The van der Waals surface area contributed by atoms with Gasteiger partial charge in [-0.05, 0) is 157 Å². The lowest BCUT2D eigenvalue weighted by Crippen LogP contribution is -2.36. The van der Waals surface area contributed by atoms with Crippen LogP contribution in [0.15, 0.2) is 35.0 Å². The summed E-state index contributed by atoms with van der Waals surface area (Å²) in [5.74, 6) is 8.42. The zero-order valence-corrected chi connectivity index (χ0v) is 66.6. The van der Waals surface area contributed by atoms with Crippen LogP contribution in [0.3, 0.4) is 0 Å². The molecule has 0 N–H and O–H groups in total. The van der Waals surface area contributed by atoms with Crippen molar-refractivity contribution in [3.05, 3.63) is 57.8 Å². The first kappa shape index (κ1) is 78.0. The van der Waals surface area contributed by atoms with Gasteiger partial charge >= 0.3 is 0 Å². The largest absolute Gasteiger partial charge is 0.481 e. The van der Waals surface area contributed by atoms with Crippen molar-refractivity contribution in [2.24, 2.45) is 71.0 Å². The fourth-order valence-electron chi connectivity index (χ4n) is 15.9. The van der Waals surface area contributed by atoms with Crippen LogP contribution < -0.4 is 9.47 Å². The Kier molecular flexibility index (Phi) is 31.1. The number of hydrogen-bond acceptors (Lipinski definition) is 9. The summed E-state index contributed by atoms with van der Waals surface area (Å²) in [6.45, 7) is 38.3. The molecule has 8 unspecified atom stereocenters. The maximum absolute atomic E-state index is 18.2. The molecule has 0 radical (unpaired) electrons. The number of fused-ring (bicyclic) bond motifs is 7. The van der Waals surface area contributed by atoms with Crippen LogP contribution in [0.4, 0.5) is 8.78 Å². The number of benzene rings is 1. The molecule has 6 aromatic rings. The predicted octanol–water partition coefficient (Wildman–Crippen LogP) is 30.3. The minimum Gasteiger partial charge on any atom is -0.481 e. The van der Waals surface area contributed by atoms with Crippen LogP contribution in [0.2, 0.25) is 0 Å². The van der Waals surface area contributed by atoms with Crippen molar-refractivity contribution in [3.8, 4) is 51.9 Å². The van der Waals surface area contributed by atoms with Crippen molar-refractivity contribution >= 4 is 68.1 Å². The normalized spacial score (nSPS) is 18.8. The molecule has 0 saturated carbocycles. The number of aromatic nitrogens is 2. The summed E-state index contributed by atoms with van der Waals surface area (Å²) >= 11 is 7.65. The lowest BCUT2D eigenvalue weighted by atomic mass is 9.78. The van der Waals surface area contributed by atoms with Gasteiger partial charge in [-0.15, -0.1) is 45.3 Å². The number of halogens is 2. The SMILES string of the molecule is CC(C)CCCC(C)CCCC(C)CCC1(CCC(C)CCCC(C)CCCC(C)C)Oc2ccsc2-c2sc(-c3c(F)c(F)c(-c4cc5c(s4)-c4sccc4OC5(CCC(C)CCCC(C)CCCC(C)C)CCC(C)CCCC(C)CCCC(C)C)c4nsnc34)cc21. The van der Waals surface area contributed by atoms with Crippen molar-refractivity contribution in [3.63, 3.8) is 0 Å². The molecule has 1 aromatic carbocycles. The van der Waals surface area contributed by atoms with E-state index >= 15 is 8.78 Å². The molecular formula is C84H130F2N2O2S5. The van der Waals surface area contributed by atoms with Crippen molar-refractivity contribution < 1.29 is 18.3 Å². The molecule has 0 aliphatic carbocycles. The Bertz CT molecular complexity index is 2910. The van der Waals surface area contributed by atoms with E-state index in [2.05, 4.69) is 146 Å². The quantitative estimate of drug-likeness (QED) is 0.0382. The first-order valence-electron chi connectivity index (χ1n) is 38.9. The van der Waals surface area contributed by atoms with Crippen LogP contribution in [0, 0.1) is 82.6 Å². The summed E-state index contributed by atoms with van der Waals surface area (Å²) in [5, 5.41) is 4.29. The Morgan fingerprint density at radius 3 is 0.863 bits per heavy atom. The lowest BCUT2D eigenvalue weighted by molar-refractivity contribution is 0.0322. The fraction of sp³-hybridized carbons (Fsp3) is 0.738. The van der Waals surface area contributed by atoms with Gasteiger partial charge in [0.2, 0.25) is 0 Å². The molecule has 0 saturated heterocycles. The van der Waals surface area contributed by atoms with E-state index in [-0.39, 0.29) is 11.1 Å². The molecule has 8 rings (SSSR count). The Labute approximate surface area is 598 Å². The second-order valence-corrected chi connectivity index (χ2v) is 38.0. The summed E-state index contributed by atoms with van der Waals surface area (Å²) in [7, 11) is 0. The van der Waals surface area contributed by atoms with E-state index in [0.29, 0.717) is 44.5 Å². The van der Waals surface area contributed by atoms with Crippen LogP contribution in [0.5, 0.6) is 11.5 Å². The van der Waals surface area contributed by atoms with Crippen LogP contribution in [0.25, 0.3) is 51.4 Å². The minimum absolute atomic E-state index is 0.227. The predicted molar refractivity (Wildman–Crippen MR) is 416 cm³/mol. The average molecular weight is 1400 g/mol. The number of ether oxygens (including phenoxy) is 2. The van der Waals surface area contributed by atoms with Crippen molar-refractivity contribution in [1.82, 2.24) is 8.75 Å². The van der Waals surface area contributed by atoms with Crippen molar-refractivity contribution in [2.45, 2.75) is 327 Å². The molecule has 4 nitrogen and oxygen atoms in total. The highest BCUT2D eigenvalue weighted by Gasteiger charge is 2.46. The highest BCUT2D eigenvalue weighted by molar-refractivity contribution is 7.24. The molecule has 5 aromatic heterocycles. The topological polar surface area (TPSA) is 44.2 Å². The van der Waals surface area contributed by atoms with E-state index in [4.69, 9.17) is 18.2 Å². The Morgan fingerprint density at radius 1 is 0.347 bits per heavy atom. The van der Waals surface area contributed by atoms with Gasteiger partial charge in [0, 0.05) is 20.9 Å².